The first kappa shape index (κ1) is 21.5. The molecule has 28 heavy (non-hydrogen) atoms. The van der Waals surface area contributed by atoms with Crippen LogP contribution in [0.3, 0.4) is 0 Å². The van der Waals surface area contributed by atoms with Crippen LogP contribution in [-0.4, -0.2) is 96.8 Å². The van der Waals surface area contributed by atoms with E-state index in [4.69, 9.17) is 9.73 Å². The smallest absolute Gasteiger partial charge is 0.225 e. The molecule has 0 bridgehead atoms. The van der Waals surface area contributed by atoms with Gasteiger partial charge in [-0.3, -0.25) is 9.89 Å². The molecule has 3 fully saturated rings. The number of fused-ring (bicyclic) bond motifs is 1. The zero-order valence-corrected chi connectivity index (χ0v) is 19.0. The molecule has 0 aliphatic carbocycles. The predicted molar refractivity (Wildman–Crippen MR) is 122 cm³/mol. The lowest BCUT2D eigenvalue weighted by molar-refractivity contribution is -0.0432. The minimum absolute atomic E-state index is 0. The Balaban J connectivity index is 0.00000225. The van der Waals surface area contributed by atoms with Crippen molar-refractivity contribution >= 4 is 35.9 Å². The number of hydrogen-bond donors (Lipinski definition) is 1. The van der Waals surface area contributed by atoms with Crippen LogP contribution in [-0.2, 0) is 4.74 Å². The van der Waals surface area contributed by atoms with Gasteiger partial charge in [-0.05, 0) is 32.4 Å². The molecular formula is C19H32IN7O. The molecule has 0 saturated carbocycles. The molecule has 4 heterocycles. The number of morpholine rings is 1. The van der Waals surface area contributed by atoms with E-state index in [0.717, 1.165) is 64.3 Å². The third kappa shape index (κ3) is 5.24. The van der Waals surface area contributed by atoms with E-state index in [0.29, 0.717) is 6.04 Å². The molecule has 156 valence electrons. The maximum absolute atomic E-state index is 6.06. The van der Waals surface area contributed by atoms with Gasteiger partial charge in [-0.15, -0.1) is 24.0 Å². The predicted octanol–water partition coefficient (Wildman–Crippen LogP) is 1.05. The number of ether oxygens (including phenoxy) is 1. The van der Waals surface area contributed by atoms with Crippen molar-refractivity contribution in [2.75, 3.05) is 63.9 Å². The highest BCUT2D eigenvalue weighted by Crippen LogP contribution is 2.22. The van der Waals surface area contributed by atoms with Crippen molar-refractivity contribution < 1.29 is 4.74 Å². The number of hydrogen-bond acceptors (Lipinski definition) is 6. The van der Waals surface area contributed by atoms with E-state index in [1.807, 2.05) is 6.07 Å². The first-order valence-corrected chi connectivity index (χ1v) is 10.2. The third-order valence-corrected chi connectivity index (χ3v) is 5.66. The molecule has 1 N–H and O–H groups in total. The summed E-state index contributed by atoms with van der Waals surface area (Å²) in [7, 11) is 0. The van der Waals surface area contributed by atoms with E-state index in [-0.39, 0.29) is 30.1 Å². The number of aromatic nitrogens is 2. The van der Waals surface area contributed by atoms with Crippen molar-refractivity contribution in [3.05, 3.63) is 18.5 Å². The van der Waals surface area contributed by atoms with Crippen molar-refractivity contribution in [2.24, 2.45) is 4.99 Å². The molecule has 2 unspecified atom stereocenters. The third-order valence-electron chi connectivity index (χ3n) is 5.66. The second-order valence-electron chi connectivity index (χ2n) is 7.46. The first-order valence-electron chi connectivity index (χ1n) is 10.2. The fourth-order valence-electron chi connectivity index (χ4n) is 4.18. The molecule has 1 aromatic heterocycles. The molecule has 0 spiro atoms. The van der Waals surface area contributed by atoms with Gasteiger partial charge in [0.05, 0.1) is 19.3 Å². The van der Waals surface area contributed by atoms with Crippen LogP contribution in [0.5, 0.6) is 0 Å². The molecule has 0 aromatic carbocycles. The van der Waals surface area contributed by atoms with Gasteiger partial charge in [0, 0.05) is 57.7 Å². The molecule has 2 atom stereocenters. The van der Waals surface area contributed by atoms with Gasteiger partial charge in [-0.2, -0.15) is 0 Å². The van der Waals surface area contributed by atoms with Crippen LogP contribution in [0.4, 0.5) is 5.95 Å². The van der Waals surface area contributed by atoms with E-state index < -0.39 is 0 Å². The van der Waals surface area contributed by atoms with Gasteiger partial charge >= 0.3 is 0 Å². The zero-order valence-electron chi connectivity index (χ0n) is 16.7. The number of aliphatic imine (C=N–C) groups is 1. The summed E-state index contributed by atoms with van der Waals surface area (Å²) in [5, 5.41) is 3.45. The normalized spacial score (nSPS) is 26.0. The highest BCUT2D eigenvalue weighted by atomic mass is 127. The average Bonchev–Trinajstić information content (AvgIpc) is 3.20. The maximum Gasteiger partial charge on any atom is 0.225 e. The van der Waals surface area contributed by atoms with Crippen LogP contribution in [0.2, 0.25) is 0 Å². The number of nitrogens with one attached hydrogen (secondary N) is 1. The lowest BCUT2D eigenvalue weighted by Gasteiger charge is -2.37. The van der Waals surface area contributed by atoms with Crippen LogP contribution >= 0.6 is 24.0 Å². The summed E-state index contributed by atoms with van der Waals surface area (Å²) in [5.74, 6) is 1.81. The van der Waals surface area contributed by atoms with E-state index in [1.165, 1.54) is 19.4 Å². The van der Waals surface area contributed by atoms with E-state index >= 15 is 0 Å². The van der Waals surface area contributed by atoms with E-state index in [2.05, 4.69) is 36.9 Å². The summed E-state index contributed by atoms with van der Waals surface area (Å²) in [6, 6.07) is 2.50. The molecule has 1 aromatic rings. The summed E-state index contributed by atoms with van der Waals surface area (Å²) >= 11 is 0. The monoisotopic (exact) mass is 501 g/mol. The summed E-state index contributed by atoms with van der Waals surface area (Å²) in [4.78, 5) is 20.8. The maximum atomic E-state index is 6.06. The van der Waals surface area contributed by atoms with Crippen molar-refractivity contribution in [1.29, 1.82) is 0 Å². The highest BCUT2D eigenvalue weighted by molar-refractivity contribution is 14.0. The number of guanidine groups is 1. The Hall–Kier alpha value is -1.20. The largest absolute Gasteiger partial charge is 0.373 e. The molecule has 4 rings (SSSR count). The van der Waals surface area contributed by atoms with Crippen LogP contribution in [0.1, 0.15) is 19.8 Å². The lowest BCUT2D eigenvalue weighted by Crippen LogP contribution is -2.53. The van der Waals surface area contributed by atoms with Gasteiger partial charge in [0.15, 0.2) is 5.96 Å². The Labute approximate surface area is 184 Å². The van der Waals surface area contributed by atoms with Crippen LogP contribution < -0.4 is 10.2 Å². The Morgan fingerprint density at radius 2 is 2.00 bits per heavy atom. The van der Waals surface area contributed by atoms with Crippen molar-refractivity contribution in [3.8, 4) is 0 Å². The summed E-state index contributed by atoms with van der Waals surface area (Å²) in [5.41, 5.74) is 0. The standard InChI is InChI=1S/C19H31N7O.HI/c1-2-20-18(23-13-17-14-26-8-3-5-16(26)15-27-17)24-9-11-25(12-10-24)19-21-6-4-7-22-19;/h4,6-7,16-17H,2-3,5,8-15H2,1H3,(H,20,23);1H. The molecule has 9 heteroatoms. The molecule has 8 nitrogen and oxygen atoms in total. The molecular weight excluding hydrogens is 469 g/mol. The van der Waals surface area contributed by atoms with E-state index in [1.54, 1.807) is 12.4 Å². The van der Waals surface area contributed by atoms with E-state index in [9.17, 15) is 0 Å². The minimum atomic E-state index is 0. The van der Waals surface area contributed by atoms with Crippen molar-refractivity contribution in [3.63, 3.8) is 0 Å². The SMILES string of the molecule is CCNC(=NCC1CN2CCCC2CO1)N1CCN(c2ncccn2)CC1.I. The molecule has 0 radical (unpaired) electrons. The summed E-state index contributed by atoms with van der Waals surface area (Å²) in [6.07, 6.45) is 6.41. The van der Waals surface area contributed by atoms with Gasteiger partial charge in [0.25, 0.3) is 0 Å². The van der Waals surface area contributed by atoms with Gasteiger partial charge in [0.1, 0.15) is 0 Å². The highest BCUT2D eigenvalue weighted by Gasteiger charge is 2.32. The fraction of sp³-hybridized carbons (Fsp3) is 0.737. The fourth-order valence-corrected chi connectivity index (χ4v) is 4.18. The zero-order chi connectivity index (χ0) is 18.5. The first-order chi connectivity index (χ1) is 13.3. The molecule has 3 saturated heterocycles. The number of rotatable bonds is 4. The van der Waals surface area contributed by atoms with Gasteiger partial charge < -0.3 is 19.9 Å². The summed E-state index contributed by atoms with van der Waals surface area (Å²) in [6.45, 7) is 10.5. The molecule has 0 amide bonds. The van der Waals surface area contributed by atoms with Gasteiger partial charge in [-0.25, -0.2) is 9.97 Å². The van der Waals surface area contributed by atoms with Gasteiger partial charge in [0.2, 0.25) is 5.95 Å². The second-order valence-corrected chi connectivity index (χ2v) is 7.46. The van der Waals surface area contributed by atoms with Crippen LogP contribution in [0.25, 0.3) is 0 Å². The Morgan fingerprint density at radius 1 is 1.21 bits per heavy atom. The van der Waals surface area contributed by atoms with Crippen LogP contribution in [0.15, 0.2) is 23.5 Å². The molecule has 3 aliphatic rings. The van der Waals surface area contributed by atoms with Crippen LogP contribution in [0, 0.1) is 0 Å². The number of piperazine rings is 1. The average molecular weight is 501 g/mol. The quantitative estimate of drug-likeness (QED) is 0.376. The molecule has 3 aliphatic heterocycles. The Morgan fingerprint density at radius 3 is 2.75 bits per heavy atom. The minimum Gasteiger partial charge on any atom is -0.373 e. The Kier molecular flexibility index (Phi) is 8.10. The Bertz CT molecular complexity index is 624. The number of halogens is 1. The summed E-state index contributed by atoms with van der Waals surface area (Å²) < 4.78 is 6.06. The lowest BCUT2D eigenvalue weighted by atomic mass is 10.2. The van der Waals surface area contributed by atoms with Crippen molar-refractivity contribution in [1.82, 2.24) is 25.1 Å². The topological polar surface area (TPSA) is 69.1 Å². The second kappa shape index (κ2) is 10.5. The van der Waals surface area contributed by atoms with Crippen molar-refractivity contribution in [2.45, 2.75) is 31.9 Å². The number of anilines is 1. The van der Waals surface area contributed by atoms with Gasteiger partial charge in [-0.1, -0.05) is 0 Å². The number of nitrogens with zero attached hydrogens (tertiary/aromatic N) is 6.